The number of rotatable bonds is 41. The Bertz CT molecular complexity index is 1710. The predicted molar refractivity (Wildman–Crippen MR) is 371 cm³/mol. The molecule has 0 aliphatic heterocycles. The normalized spacial score (nSPS) is 12.5. The third kappa shape index (κ3) is 72.7. The van der Waals surface area contributed by atoms with Gasteiger partial charge in [-0.3, -0.25) is 28.8 Å². The molecule has 0 heterocycles. The molecule has 24 nitrogen and oxygen atoms in total. The fourth-order valence-corrected chi connectivity index (χ4v) is 7.51. The van der Waals surface area contributed by atoms with Crippen LogP contribution in [0.15, 0.2) is 0 Å². The second kappa shape index (κ2) is 66.8. The second-order valence-electron chi connectivity index (χ2n) is 23.2. The first-order valence-corrected chi connectivity index (χ1v) is 35.2. The van der Waals surface area contributed by atoms with E-state index in [4.69, 9.17) is 33.2 Å². The number of hydrogen-bond acceptors (Lipinski definition) is 18. The van der Waals surface area contributed by atoms with Crippen molar-refractivity contribution in [2.24, 2.45) is 35.5 Å². The minimum Gasteiger partial charge on any atom is -0.449 e. The van der Waals surface area contributed by atoms with Gasteiger partial charge in [-0.05, 0) is 113 Å². The van der Waals surface area contributed by atoms with Crippen LogP contribution in [0.5, 0.6) is 0 Å². The first kappa shape index (κ1) is 97.5. The molecule has 0 saturated carbocycles. The average molecular weight is 1350 g/mol. The van der Waals surface area contributed by atoms with E-state index in [2.05, 4.69) is 56.4 Å². The lowest BCUT2D eigenvalue weighted by atomic mass is 10.0. The lowest BCUT2D eigenvalue weighted by Gasteiger charge is -2.19. The van der Waals surface area contributed by atoms with Gasteiger partial charge in [0.2, 0.25) is 29.5 Å². The number of alkyl carbamates (subject to hydrolysis) is 3. The standard InChI is InChI=1S/C18H34N2O7.C11H22N2O3.2C9H19NO2.2C9H19NOS/c1-5-7-24-9-11-26-17(22)19-13-15(16(21)14(3)4)20-18(23)27-12-10-25-8-6-2;1-5-9(4)7-16-11(15)12-6-10(14)13-8(2)3;4*1-5-12-6-8(4)9(11)10-7(2)3/h14-15H,5-13H2,1-4H3,(H,19,22)(H,20,23);8-9H,5-7H2,1-4H3,(H,12,15)(H,13,14);4*7-8H,5-6H2,1-4H3,(H,10,11). The van der Waals surface area contributed by atoms with E-state index >= 15 is 0 Å². The van der Waals surface area contributed by atoms with Crippen LogP contribution in [0.1, 0.15) is 185 Å². The molecule has 0 fully saturated rings. The lowest BCUT2D eigenvalue weighted by molar-refractivity contribution is -0.127. The maximum absolute atomic E-state index is 12.2. The molecule has 0 aromatic rings. The smallest absolute Gasteiger partial charge is 0.407 e. The molecule has 0 aliphatic carbocycles. The van der Waals surface area contributed by atoms with Crippen LogP contribution in [0.25, 0.3) is 0 Å². The van der Waals surface area contributed by atoms with Crippen LogP contribution < -0.4 is 42.5 Å². The van der Waals surface area contributed by atoms with Gasteiger partial charge in [0.15, 0.2) is 5.78 Å². The molecule has 6 unspecified atom stereocenters. The van der Waals surface area contributed by atoms with Gasteiger partial charge in [0.1, 0.15) is 25.8 Å². The van der Waals surface area contributed by atoms with Gasteiger partial charge in [0.05, 0.1) is 44.9 Å². The lowest BCUT2D eigenvalue weighted by Crippen LogP contribution is -2.50. The molecule has 0 aromatic heterocycles. The van der Waals surface area contributed by atoms with Crippen molar-refractivity contribution in [3.8, 4) is 0 Å². The zero-order valence-corrected chi connectivity index (χ0v) is 62.6. The number of carbonyl (C=O) groups is 9. The summed E-state index contributed by atoms with van der Waals surface area (Å²) in [5, 5.41) is 21.5. The van der Waals surface area contributed by atoms with Crippen molar-refractivity contribution in [1.82, 2.24) is 42.5 Å². The van der Waals surface area contributed by atoms with Gasteiger partial charge in [-0.25, -0.2) is 14.4 Å². The highest BCUT2D eigenvalue weighted by atomic mass is 32.2. The van der Waals surface area contributed by atoms with Gasteiger partial charge in [0.25, 0.3) is 0 Å². The molecule has 0 radical (unpaired) electrons. The topological polar surface area (TPSA) is 314 Å². The summed E-state index contributed by atoms with van der Waals surface area (Å²) in [6.45, 7) is 51.2. The van der Waals surface area contributed by atoms with Crippen LogP contribution in [0.3, 0.4) is 0 Å². The monoisotopic (exact) mass is 1340 g/mol. The van der Waals surface area contributed by atoms with Crippen LogP contribution in [-0.2, 0) is 61.9 Å². The average Bonchev–Trinajstić information content (AvgIpc) is 3.66. The van der Waals surface area contributed by atoms with Gasteiger partial charge in [0, 0.05) is 92.4 Å². The quantitative estimate of drug-likeness (QED) is 0.0209. The maximum atomic E-state index is 12.2. The highest BCUT2D eigenvalue weighted by Crippen LogP contribution is 2.09. The van der Waals surface area contributed by atoms with Crippen molar-refractivity contribution in [2.75, 3.05) is 109 Å². The molecule has 0 aliphatic rings. The number of ether oxygens (including phenoxy) is 7. The van der Waals surface area contributed by atoms with Crippen molar-refractivity contribution >= 4 is 77.1 Å². The highest BCUT2D eigenvalue weighted by molar-refractivity contribution is 7.99. The summed E-state index contributed by atoms with van der Waals surface area (Å²) in [6, 6.07) is 0.102. The first-order chi connectivity index (χ1) is 42.7. The van der Waals surface area contributed by atoms with Crippen molar-refractivity contribution in [1.29, 1.82) is 0 Å². The summed E-state index contributed by atoms with van der Waals surface area (Å²) in [5.74, 6) is 4.26. The Morgan fingerprint density at radius 1 is 0.374 bits per heavy atom. The molecule has 0 rings (SSSR count). The number of ketones is 1. The van der Waals surface area contributed by atoms with E-state index in [0.29, 0.717) is 58.8 Å². The molecular formula is C65H132N8O16S2. The summed E-state index contributed by atoms with van der Waals surface area (Å²) in [4.78, 5) is 103. The van der Waals surface area contributed by atoms with Crippen molar-refractivity contribution in [3.05, 3.63) is 0 Å². The summed E-state index contributed by atoms with van der Waals surface area (Å²) >= 11 is 3.62. The van der Waals surface area contributed by atoms with Gasteiger partial charge in [-0.2, -0.15) is 23.5 Å². The molecule has 0 bridgehead atoms. The van der Waals surface area contributed by atoms with Crippen LogP contribution in [0.4, 0.5) is 14.4 Å². The van der Waals surface area contributed by atoms with Gasteiger partial charge < -0.3 is 75.7 Å². The molecular weight excluding hydrogens is 1210 g/mol. The fourth-order valence-electron chi connectivity index (χ4n) is 6.03. The predicted octanol–water partition coefficient (Wildman–Crippen LogP) is 9.34. The van der Waals surface area contributed by atoms with Crippen LogP contribution in [0, 0.1) is 35.5 Å². The molecule has 26 heteroatoms. The summed E-state index contributed by atoms with van der Waals surface area (Å²) in [7, 11) is 0. The van der Waals surface area contributed by atoms with E-state index in [1.54, 1.807) is 13.8 Å². The minimum absolute atomic E-state index is 0.0441. The molecule has 91 heavy (non-hydrogen) atoms. The van der Waals surface area contributed by atoms with Gasteiger partial charge in [-0.15, -0.1) is 0 Å². The molecule has 6 atom stereocenters. The number of carbonyl (C=O) groups excluding carboxylic acids is 9. The summed E-state index contributed by atoms with van der Waals surface area (Å²) in [6.07, 6.45) is 0.763. The Balaban J connectivity index is -0.000000247. The molecule has 540 valence electrons. The number of amides is 8. The SMILES string of the molecule is CCC(C)COC(=O)NCC(=O)NC(C)C.CCCOCCOC(=O)NCC(NC(=O)OCCOCCC)C(=O)C(C)C.CCOCC(C)C(=O)NC(C)C.CCOCC(C)C(=O)NC(C)C.CCSCC(C)C(=O)NC(C)C.CCSCC(C)C(=O)NC(C)C. The summed E-state index contributed by atoms with van der Waals surface area (Å²) in [5.41, 5.74) is 0. The highest BCUT2D eigenvalue weighted by Gasteiger charge is 2.25. The van der Waals surface area contributed by atoms with Crippen molar-refractivity contribution < 1.29 is 76.3 Å². The third-order valence-electron chi connectivity index (χ3n) is 11.1. The Kier molecular flexibility index (Phi) is 71.5. The number of nitrogens with one attached hydrogen (secondary N) is 8. The molecule has 0 aromatic carbocycles. The van der Waals surface area contributed by atoms with E-state index in [1.165, 1.54) is 0 Å². The third-order valence-corrected chi connectivity index (χ3v) is 13.4. The Hall–Kier alpha value is -4.63. The molecule has 8 N–H and O–H groups in total. The van der Waals surface area contributed by atoms with E-state index < -0.39 is 24.3 Å². The van der Waals surface area contributed by atoms with E-state index in [1.807, 2.05) is 162 Å². The zero-order valence-electron chi connectivity index (χ0n) is 60.9. The van der Waals surface area contributed by atoms with Gasteiger partial charge in [-0.1, -0.05) is 89.5 Å². The van der Waals surface area contributed by atoms with Crippen LogP contribution in [0.2, 0.25) is 0 Å². The second-order valence-corrected chi connectivity index (χ2v) is 25.9. The van der Waals surface area contributed by atoms with E-state index in [-0.39, 0.29) is 128 Å². The maximum Gasteiger partial charge on any atom is 0.407 e. The largest absolute Gasteiger partial charge is 0.449 e. The number of hydrogen-bond donors (Lipinski definition) is 8. The minimum atomic E-state index is -0.905. The zero-order chi connectivity index (χ0) is 71.3. The van der Waals surface area contributed by atoms with Crippen LogP contribution >= 0.6 is 23.5 Å². The Labute approximate surface area is 559 Å². The van der Waals surface area contributed by atoms with E-state index in [0.717, 1.165) is 42.3 Å². The molecule has 8 amide bonds. The number of Topliss-reactive ketones (excluding diaryl/α,β-unsaturated/α-hetero) is 1. The van der Waals surface area contributed by atoms with Crippen molar-refractivity contribution in [3.63, 3.8) is 0 Å². The Morgan fingerprint density at radius 2 is 0.736 bits per heavy atom. The first-order valence-electron chi connectivity index (χ1n) is 32.9. The fraction of sp³-hybridized carbons (Fsp3) is 0.862. The number of thioether (sulfide) groups is 2. The van der Waals surface area contributed by atoms with Gasteiger partial charge >= 0.3 is 18.3 Å². The van der Waals surface area contributed by atoms with Crippen LogP contribution in [-0.4, -0.2) is 199 Å². The molecule has 0 saturated heterocycles. The van der Waals surface area contributed by atoms with Crippen molar-refractivity contribution in [2.45, 2.75) is 222 Å². The molecule has 0 spiro atoms. The van der Waals surface area contributed by atoms with E-state index in [9.17, 15) is 43.2 Å². The summed E-state index contributed by atoms with van der Waals surface area (Å²) < 4.78 is 35.5. The Morgan fingerprint density at radius 3 is 1.07 bits per heavy atom.